The van der Waals surface area contributed by atoms with Crippen LogP contribution in [0.2, 0.25) is 0 Å². The number of carbonyl (C=O) groups is 2. The molecule has 0 N–H and O–H groups in total. The van der Waals surface area contributed by atoms with E-state index in [9.17, 15) is 9.59 Å². The molecule has 7 heteroatoms. The van der Waals surface area contributed by atoms with Crippen molar-refractivity contribution in [1.82, 2.24) is 0 Å². The van der Waals surface area contributed by atoms with Gasteiger partial charge in [-0.05, 0) is 50.3 Å². The Bertz CT molecular complexity index is 950. The Labute approximate surface area is 171 Å². The van der Waals surface area contributed by atoms with Crippen molar-refractivity contribution < 1.29 is 28.5 Å². The Kier molecular flexibility index (Phi) is 6.04. The molecule has 0 spiro atoms. The largest absolute Gasteiger partial charge is 0.496 e. The topological polar surface area (TPSA) is 71.1 Å². The van der Waals surface area contributed by atoms with Crippen molar-refractivity contribution in [3.05, 3.63) is 57.8 Å². The lowest BCUT2D eigenvalue weighted by atomic mass is 10.1. The van der Waals surface area contributed by atoms with Crippen LogP contribution in [0.15, 0.2) is 46.6 Å². The number of carbonyl (C=O) groups excluding carboxylic acids is 2. The number of ether oxygens (including phenoxy) is 4. The summed E-state index contributed by atoms with van der Waals surface area (Å²) in [5.74, 6) is 0.897. The van der Waals surface area contributed by atoms with Gasteiger partial charge in [0.15, 0.2) is 11.9 Å². The van der Waals surface area contributed by atoms with Crippen LogP contribution in [0.4, 0.5) is 0 Å². The van der Waals surface area contributed by atoms with Crippen molar-refractivity contribution in [3.63, 3.8) is 0 Å². The molecule has 3 rings (SSSR count). The smallest absolute Gasteiger partial charge is 0.347 e. The highest BCUT2D eigenvalue weighted by molar-refractivity contribution is 9.10. The van der Waals surface area contributed by atoms with E-state index in [1.54, 1.807) is 51.3 Å². The molecule has 1 heterocycles. The third kappa shape index (κ3) is 4.20. The van der Waals surface area contributed by atoms with E-state index in [-0.39, 0.29) is 18.1 Å². The van der Waals surface area contributed by atoms with Gasteiger partial charge in [0.1, 0.15) is 17.2 Å². The van der Waals surface area contributed by atoms with Gasteiger partial charge >= 0.3 is 5.97 Å². The molecule has 1 aliphatic heterocycles. The van der Waals surface area contributed by atoms with Crippen molar-refractivity contribution in [2.24, 2.45) is 0 Å². The van der Waals surface area contributed by atoms with Gasteiger partial charge in [-0.15, -0.1) is 0 Å². The lowest BCUT2D eigenvalue weighted by molar-refractivity contribution is -0.150. The predicted molar refractivity (Wildman–Crippen MR) is 107 cm³/mol. The van der Waals surface area contributed by atoms with E-state index in [0.29, 0.717) is 28.4 Å². The summed E-state index contributed by atoms with van der Waals surface area (Å²) in [5, 5.41) is 0. The zero-order chi connectivity index (χ0) is 20.3. The number of hydrogen-bond donors (Lipinski definition) is 0. The Morgan fingerprint density at radius 3 is 2.75 bits per heavy atom. The Balaban J connectivity index is 1.83. The number of allylic oxidation sites excluding steroid dienone is 1. The summed E-state index contributed by atoms with van der Waals surface area (Å²) >= 11 is 3.41. The van der Waals surface area contributed by atoms with Gasteiger partial charge in [0.2, 0.25) is 5.78 Å². The van der Waals surface area contributed by atoms with Gasteiger partial charge in [0, 0.05) is 16.1 Å². The first-order valence-corrected chi connectivity index (χ1v) is 9.47. The summed E-state index contributed by atoms with van der Waals surface area (Å²) in [6.07, 6.45) is 0.865. The summed E-state index contributed by atoms with van der Waals surface area (Å²) in [6.45, 7) is 3.61. The second kappa shape index (κ2) is 8.48. The number of fused-ring (bicyclic) bond motifs is 1. The van der Waals surface area contributed by atoms with Crippen LogP contribution in [0.25, 0.3) is 6.08 Å². The molecule has 0 unspecified atom stereocenters. The third-order valence-electron chi connectivity index (χ3n) is 4.05. The number of halogens is 1. The SMILES string of the molecule is CCOC(=O)[C@@H](C)Oc1ccc2c(c1)O/C(=C\c1cc(Br)ccc1OC)C2=O. The number of methoxy groups -OCH3 is 1. The van der Waals surface area contributed by atoms with Gasteiger partial charge in [-0.25, -0.2) is 4.79 Å². The molecule has 0 bridgehead atoms. The average molecular weight is 447 g/mol. The number of rotatable bonds is 6. The Hall–Kier alpha value is -2.80. The molecule has 6 nitrogen and oxygen atoms in total. The highest BCUT2D eigenvalue weighted by Gasteiger charge is 2.28. The van der Waals surface area contributed by atoms with Crippen molar-refractivity contribution in [2.75, 3.05) is 13.7 Å². The van der Waals surface area contributed by atoms with Crippen LogP contribution < -0.4 is 14.2 Å². The fourth-order valence-electron chi connectivity index (χ4n) is 2.71. The predicted octanol–water partition coefficient (Wildman–Crippen LogP) is 4.40. The first-order valence-electron chi connectivity index (χ1n) is 8.68. The third-order valence-corrected chi connectivity index (χ3v) is 4.54. The van der Waals surface area contributed by atoms with Crippen molar-refractivity contribution in [2.45, 2.75) is 20.0 Å². The van der Waals surface area contributed by atoms with Gasteiger partial charge in [-0.1, -0.05) is 15.9 Å². The first-order chi connectivity index (χ1) is 13.4. The zero-order valence-corrected chi connectivity index (χ0v) is 17.2. The summed E-state index contributed by atoms with van der Waals surface area (Å²) in [7, 11) is 1.56. The summed E-state index contributed by atoms with van der Waals surface area (Å²) in [6, 6.07) is 10.3. The maximum Gasteiger partial charge on any atom is 0.347 e. The van der Waals surface area contributed by atoms with Crippen LogP contribution >= 0.6 is 15.9 Å². The minimum absolute atomic E-state index is 0.182. The Morgan fingerprint density at radius 1 is 1.25 bits per heavy atom. The summed E-state index contributed by atoms with van der Waals surface area (Å²) in [4.78, 5) is 24.4. The van der Waals surface area contributed by atoms with E-state index in [1.807, 2.05) is 12.1 Å². The molecule has 0 radical (unpaired) electrons. The molecule has 28 heavy (non-hydrogen) atoms. The number of esters is 1. The van der Waals surface area contributed by atoms with Crippen LogP contribution in [0, 0.1) is 0 Å². The maximum atomic E-state index is 12.7. The second-order valence-corrected chi connectivity index (χ2v) is 6.91. The standard InChI is InChI=1S/C21H19BrO6/c1-4-26-21(24)12(2)27-15-6-7-16-18(11-15)28-19(20(16)23)10-13-9-14(22)5-8-17(13)25-3/h5-12H,4H2,1-3H3/b19-10-/t12-/m1/s1. The van der Waals surface area contributed by atoms with Gasteiger partial charge in [-0.3, -0.25) is 4.79 Å². The molecule has 0 aliphatic carbocycles. The van der Waals surface area contributed by atoms with Gasteiger partial charge in [-0.2, -0.15) is 0 Å². The van der Waals surface area contributed by atoms with Crippen molar-refractivity contribution >= 4 is 33.8 Å². The molecule has 2 aromatic rings. The van der Waals surface area contributed by atoms with Crippen molar-refractivity contribution in [1.29, 1.82) is 0 Å². The fraction of sp³-hybridized carbons (Fsp3) is 0.238. The van der Waals surface area contributed by atoms with Crippen LogP contribution in [0.5, 0.6) is 17.2 Å². The summed E-state index contributed by atoms with van der Waals surface area (Å²) in [5.41, 5.74) is 1.14. The molecule has 0 amide bonds. The van der Waals surface area contributed by atoms with Gasteiger partial charge in [0.05, 0.1) is 19.3 Å². The molecule has 0 fully saturated rings. The molecule has 146 valence electrons. The second-order valence-electron chi connectivity index (χ2n) is 6.00. The molecule has 0 saturated carbocycles. The van der Waals surface area contributed by atoms with E-state index in [1.165, 1.54) is 0 Å². The van der Waals surface area contributed by atoms with E-state index in [2.05, 4.69) is 15.9 Å². The highest BCUT2D eigenvalue weighted by atomic mass is 79.9. The maximum absolute atomic E-state index is 12.7. The van der Waals surface area contributed by atoms with E-state index < -0.39 is 12.1 Å². The number of benzene rings is 2. The number of Topliss-reactive ketones (excluding diaryl/α,β-unsaturated/α-hetero) is 1. The fourth-order valence-corrected chi connectivity index (χ4v) is 3.09. The highest BCUT2D eigenvalue weighted by Crippen LogP contribution is 2.36. The van der Waals surface area contributed by atoms with Gasteiger partial charge < -0.3 is 18.9 Å². The first kappa shape index (κ1) is 19.9. The minimum Gasteiger partial charge on any atom is -0.496 e. The van der Waals surface area contributed by atoms with Crippen LogP contribution in [-0.4, -0.2) is 31.6 Å². The molecule has 0 saturated heterocycles. The Morgan fingerprint density at radius 2 is 2.04 bits per heavy atom. The van der Waals surface area contributed by atoms with Crippen molar-refractivity contribution in [3.8, 4) is 17.2 Å². The van der Waals surface area contributed by atoms with Crippen LogP contribution in [0.1, 0.15) is 29.8 Å². The van der Waals surface area contributed by atoms with E-state index in [4.69, 9.17) is 18.9 Å². The molecular weight excluding hydrogens is 428 g/mol. The van der Waals surface area contributed by atoms with E-state index in [0.717, 1.165) is 4.47 Å². The minimum atomic E-state index is -0.768. The molecule has 1 aliphatic rings. The number of ketones is 1. The quantitative estimate of drug-likeness (QED) is 0.483. The van der Waals surface area contributed by atoms with Gasteiger partial charge in [0.25, 0.3) is 0 Å². The molecule has 2 aromatic carbocycles. The normalized spacial score (nSPS) is 15.0. The molecule has 1 atom stereocenters. The monoisotopic (exact) mass is 446 g/mol. The van der Waals surface area contributed by atoms with Crippen LogP contribution in [0.3, 0.4) is 0 Å². The lowest BCUT2D eigenvalue weighted by Gasteiger charge is -2.13. The molecule has 0 aromatic heterocycles. The lowest BCUT2D eigenvalue weighted by Crippen LogP contribution is -2.26. The van der Waals surface area contributed by atoms with E-state index >= 15 is 0 Å². The number of hydrogen-bond acceptors (Lipinski definition) is 6. The average Bonchev–Trinajstić information content (AvgIpc) is 2.97. The molecular formula is C21H19BrO6. The van der Waals surface area contributed by atoms with Crippen LogP contribution in [-0.2, 0) is 9.53 Å². The summed E-state index contributed by atoms with van der Waals surface area (Å²) < 4.78 is 22.4. The zero-order valence-electron chi connectivity index (χ0n) is 15.7.